The van der Waals surface area contributed by atoms with E-state index in [0.717, 1.165) is 21.9 Å². The van der Waals surface area contributed by atoms with Crippen molar-refractivity contribution >= 4 is 45.0 Å². The summed E-state index contributed by atoms with van der Waals surface area (Å²) in [5, 5.41) is 3.99. The number of amides is 1. The van der Waals surface area contributed by atoms with Crippen molar-refractivity contribution in [3.63, 3.8) is 0 Å². The predicted molar refractivity (Wildman–Crippen MR) is 111 cm³/mol. The van der Waals surface area contributed by atoms with E-state index in [1.807, 2.05) is 18.7 Å². The van der Waals surface area contributed by atoms with Gasteiger partial charge >= 0.3 is 0 Å². The lowest BCUT2D eigenvalue weighted by Gasteiger charge is -2.23. The van der Waals surface area contributed by atoms with Crippen LogP contribution in [0.25, 0.3) is 0 Å². The van der Waals surface area contributed by atoms with Gasteiger partial charge in [-0.1, -0.05) is 36.9 Å². The first-order chi connectivity index (χ1) is 12.3. The second-order valence-electron chi connectivity index (χ2n) is 6.68. The molecule has 0 atom stereocenters. The molecule has 0 spiro atoms. The van der Waals surface area contributed by atoms with Crippen LogP contribution in [0.1, 0.15) is 37.7 Å². The molecule has 5 nitrogen and oxygen atoms in total. The summed E-state index contributed by atoms with van der Waals surface area (Å²) < 4.78 is 25.3. The van der Waals surface area contributed by atoms with E-state index in [1.54, 1.807) is 18.2 Å². The van der Waals surface area contributed by atoms with Crippen molar-refractivity contribution in [2.45, 2.75) is 44.3 Å². The lowest BCUT2D eigenvalue weighted by atomic mass is 10.0. The van der Waals surface area contributed by atoms with Crippen molar-refractivity contribution in [2.75, 3.05) is 29.4 Å². The van der Waals surface area contributed by atoms with Crippen molar-refractivity contribution in [3.8, 4) is 0 Å². The molecule has 0 heterocycles. The van der Waals surface area contributed by atoms with Crippen molar-refractivity contribution < 1.29 is 13.2 Å². The van der Waals surface area contributed by atoms with Gasteiger partial charge in [0.15, 0.2) is 0 Å². The SMILES string of the molecule is Cc1ccc(N(CC(=O)NCCSC2CCCCC2)S(C)(=O)=O)cc1Cl. The van der Waals surface area contributed by atoms with E-state index in [9.17, 15) is 13.2 Å². The second kappa shape index (κ2) is 9.85. The highest BCUT2D eigenvalue weighted by Gasteiger charge is 2.21. The summed E-state index contributed by atoms with van der Waals surface area (Å²) in [7, 11) is -3.58. The Bertz CT molecular complexity index is 719. The van der Waals surface area contributed by atoms with Crippen LogP contribution in [0.2, 0.25) is 5.02 Å². The van der Waals surface area contributed by atoms with Gasteiger partial charge in [-0.25, -0.2) is 8.42 Å². The van der Waals surface area contributed by atoms with Gasteiger partial charge in [0.25, 0.3) is 0 Å². The molecule has 0 bridgehead atoms. The van der Waals surface area contributed by atoms with Crippen LogP contribution in [0.4, 0.5) is 5.69 Å². The molecule has 1 aromatic rings. The van der Waals surface area contributed by atoms with Crippen molar-refractivity contribution in [2.24, 2.45) is 0 Å². The van der Waals surface area contributed by atoms with E-state index < -0.39 is 10.0 Å². The molecule has 0 saturated heterocycles. The van der Waals surface area contributed by atoms with Gasteiger partial charge in [-0.15, -0.1) is 0 Å². The molecule has 1 amide bonds. The third kappa shape index (κ3) is 6.67. The Balaban J connectivity index is 1.87. The molecule has 1 aromatic carbocycles. The van der Waals surface area contributed by atoms with Crippen LogP contribution in [0.15, 0.2) is 18.2 Å². The maximum atomic E-state index is 12.2. The summed E-state index contributed by atoms with van der Waals surface area (Å²) in [6.45, 7) is 2.15. The van der Waals surface area contributed by atoms with Crippen LogP contribution in [-0.2, 0) is 14.8 Å². The smallest absolute Gasteiger partial charge is 0.240 e. The summed E-state index contributed by atoms with van der Waals surface area (Å²) >= 11 is 8.00. The summed E-state index contributed by atoms with van der Waals surface area (Å²) in [5.41, 5.74) is 1.25. The maximum absolute atomic E-state index is 12.2. The number of rotatable bonds is 8. The van der Waals surface area contributed by atoms with Gasteiger partial charge in [-0.05, 0) is 37.5 Å². The fourth-order valence-corrected chi connectivity index (χ4v) is 5.21. The highest BCUT2D eigenvalue weighted by Crippen LogP contribution is 2.28. The van der Waals surface area contributed by atoms with Crippen LogP contribution < -0.4 is 9.62 Å². The number of halogens is 1. The molecule has 0 radical (unpaired) electrons. The molecule has 8 heteroatoms. The van der Waals surface area contributed by atoms with Gasteiger partial charge in [-0.3, -0.25) is 9.10 Å². The minimum atomic E-state index is -3.58. The number of carbonyl (C=O) groups excluding carboxylic acids is 1. The molecular weight excluding hydrogens is 392 g/mol. The van der Waals surface area contributed by atoms with Crippen molar-refractivity contribution in [3.05, 3.63) is 28.8 Å². The first-order valence-corrected chi connectivity index (χ1v) is 12.2. The van der Waals surface area contributed by atoms with E-state index in [2.05, 4.69) is 5.32 Å². The predicted octanol–water partition coefficient (Wildman–Crippen LogP) is 3.60. The minimum absolute atomic E-state index is 0.244. The molecule has 2 rings (SSSR count). The number of anilines is 1. The van der Waals surface area contributed by atoms with Crippen LogP contribution in [-0.4, -0.2) is 44.7 Å². The fourth-order valence-electron chi connectivity index (χ4n) is 2.97. The highest BCUT2D eigenvalue weighted by molar-refractivity contribution is 7.99. The fraction of sp³-hybridized carbons (Fsp3) is 0.611. The monoisotopic (exact) mass is 418 g/mol. The zero-order valence-electron chi connectivity index (χ0n) is 15.3. The molecular formula is C18H27ClN2O3S2. The van der Waals surface area contributed by atoms with Crippen LogP contribution in [0.3, 0.4) is 0 Å². The highest BCUT2D eigenvalue weighted by atomic mass is 35.5. The molecule has 1 fully saturated rings. The van der Waals surface area contributed by atoms with E-state index in [1.165, 1.54) is 32.1 Å². The Morgan fingerprint density at radius 1 is 1.31 bits per heavy atom. The Morgan fingerprint density at radius 3 is 2.62 bits per heavy atom. The summed E-state index contributed by atoms with van der Waals surface area (Å²) in [6, 6.07) is 4.98. The first kappa shape index (κ1) is 21.4. The molecule has 1 aliphatic carbocycles. The van der Waals surface area contributed by atoms with Gasteiger partial charge in [0.1, 0.15) is 6.54 Å². The topological polar surface area (TPSA) is 66.5 Å². The molecule has 0 unspecified atom stereocenters. The van der Waals surface area contributed by atoms with Crippen LogP contribution >= 0.6 is 23.4 Å². The number of nitrogens with zero attached hydrogens (tertiary/aromatic N) is 1. The largest absolute Gasteiger partial charge is 0.354 e. The van der Waals surface area contributed by atoms with E-state index in [-0.39, 0.29) is 12.5 Å². The van der Waals surface area contributed by atoms with Crippen LogP contribution in [0.5, 0.6) is 0 Å². The van der Waals surface area contributed by atoms with Gasteiger partial charge in [0.05, 0.1) is 11.9 Å². The average Bonchev–Trinajstić information content (AvgIpc) is 2.59. The molecule has 0 aromatic heterocycles. The standard InChI is InChI=1S/C18H27ClN2O3S2/c1-14-8-9-15(12-17(14)19)21(26(2,23)24)13-18(22)20-10-11-25-16-6-4-3-5-7-16/h8-9,12,16H,3-7,10-11,13H2,1-2H3,(H,20,22). The number of benzene rings is 1. The number of thioether (sulfide) groups is 1. The number of hydrogen-bond donors (Lipinski definition) is 1. The number of aryl methyl sites for hydroxylation is 1. The molecule has 1 aliphatic rings. The lowest BCUT2D eigenvalue weighted by Crippen LogP contribution is -2.41. The quantitative estimate of drug-likeness (QED) is 0.655. The Morgan fingerprint density at radius 2 is 2.00 bits per heavy atom. The second-order valence-corrected chi connectivity index (χ2v) is 10.4. The van der Waals surface area contributed by atoms with E-state index in [0.29, 0.717) is 22.5 Å². The number of sulfonamides is 1. The van der Waals surface area contributed by atoms with Crippen LogP contribution in [0, 0.1) is 6.92 Å². The number of carbonyl (C=O) groups is 1. The molecule has 1 saturated carbocycles. The number of hydrogen-bond acceptors (Lipinski definition) is 4. The van der Waals surface area contributed by atoms with Crippen molar-refractivity contribution in [1.29, 1.82) is 0 Å². The van der Waals surface area contributed by atoms with Crippen molar-refractivity contribution in [1.82, 2.24) is 5.32 Å². The molecule has 26 heavy (non-hydrogen) atoms. The third-order valence-electron chi connectivity index (χ3n) is 4.46. The summed E-state index contributed by atoms with van der Waals surface area (Å²) in [5.74, 6) is 0.544. The first-order valence-electron chi connectivity index (χ1n) is 8.89. The van der Waals surface area contributed by atoms with E-state index in [4.69, 9.17) is 11.6 Å². The zero-order chi connectivity index (χ0) is 19.2. The minimum Gasteiger partial charge on any atom is -0.354 e. The van der Waals surface area contributed by atoms with Gasteiger partial charge in [-0.2, -0.15) is 11.8 Å². The Kier molecular flexibility index (Phi) is 8.10. The zero-order valence-corrected chi connectivity index (χ0v) is 17.7. The number of nitrogens with one attached hydrogen (secondary N) is 1. The normalized spacial score (nSPS) is 15.7. The summed E-state index contributed by atoms with van der Waals surface area (Å²) in [6.07, 6.45) is 7.54. The molecule has 0 aliphatic heterocycles. The third-order valence-corrected chi connectivity index (χ3v) is 7.39. The Labute approximate surface area is 165 Å². The maximum Gasteiger partial charge on any atom is 0.240 e. The molecule has 1 N–H and O–H groups in total. The average molecular weight is 419 g/mol. The molecule has 146 valence electrons. The Hall–Kier alpha value is -0.920. The lowest BCUT2D eigenvalue weighted by molar-refractivity contribution is -0.119. The summed E-state index contributed by atoms with van der Waals surface area (Å²) in [4.78, 5) is 12.2. The van der Waals surface area contributed by atoms with Gasteiger partial charge in [0, 0.05) is 22.6 Å². The van der Waals surface area contributed by atoms with Gasteiger partial charge in [0.2, 0.25) is 15.9 Å². The van der Waals surface area contributed by atoms with E-state index >= 15 is 0 Å². The van der Waals surface area contributed by atoms with Gasteiger partial charge < -0.3 is 5.32 Å².